The second-order valence-electron chi connectivity index (χ2n) is 16.4. The number of carbonyl (C=O) groups is 2. The van der Waals surface area contributed by atoms with Crippen LogP contribution in [0.3, 0.4) is 0 Å². The Balaban J connectivity index is 0.887. The fourth-order valence-electron chi connectivity index (χ4n) is 8.05. The van der Waals surface area contributed by atoms with Gasteiger partial charge in [0, 0.05) is 34.8 Å². The number of aryl methyl sites for hydroxylation is 1. The van der Waals surface area contributed by atoms with Gasteiger partial charge in [0.15, 0.2) is 0 Å². The Labute approximate surface area is 381 Å². The Morgan fingerprint density at radius 3 is 1.45 bits per heavy atom. The highest BCUT2D eigenvalue weighted by Gasteiger charge is 2.24. The SMILES string of the molecule is COC(=O)Oc1ccc(C(C)(C)c2ccc(OC(=O)OCCc3ccc(C(c4ccccc4)c4ccc(-c5ccc(N(c6ccccc6)c6ccc(C)cc6)cc5)cc4)cc3)cc2)cc1. The van der Waals surface area contributed by atoms with E-state index >= 15 is 0 Å². The Morgan fingerprint density at radius 2 is 0.923 bits per heavy atom. The van der Waals surface area contributed by atoms with Crippen LogP contribution in [-0.4, -0.2) is 26.0 Å². The number of rotatable bonds is 14. The van der Waals surface area contributed by atoms with Crippen LogP contribution in [0.25, 0.3) is 11.1 Å². The van der Waals surface area contributed by atoms with Crippen LogP contribution in [0.1, 0.15) is 58.7 Å². The Morgan fingerprint density at radius 1 is 0.492 bits per heavy atom. The summed E-state index contributed by atoms with van der Waals surface area (Å²) in [7, 11) is 1.27. The number of carbonyl (C=O) groups excluding carboxylic acids is 2. The maximum atomic E-state index is 12.7. The van der Waals surface area contributed by atoms with Gasteiger partial charge >= 0.3 is 12.3 Å². The lowest BCUT2D eigenvalue weighted by Gasteiger charge is -2.26. The monoisotopic (exact) mass is 857 g/mol. The molecule has 0 aliphatic rings. The maximum Gasteiger partial charge on any atom is 0.513 e. The highest BCUT2D eigenvalue weighted by atomic mass is 16.7. The van der Waals surface area contributed by atoms with E-state index < -0.39 is 12.3 Å². The van der Waals surface area contributed by atoms with Crippen LogP contribution in [0.15, 0.2) is 206 Å². The predicted octanol–water partition coefficient (Wildman–Crippen LogP) is 14.5. The summed E-state index contributed by atoms with van der Waals surface area (Å²) in [6.07, 6.45) is -0.977. The number of nitrogens with zero attached hydrogens (tertiary/aromatic N) is 1. The first kappa shape index (κ1) is 43.7. The summed E-state index contributed by atoms with van der Waals surface area (Å²) in [6, 6.07) is 70.5. The highest BCUT2D eigenvalue weighted by molar-refractivity contribution is 5.78. The third kappa shape index (κ3) is 10.7. The van der Waals surface area contributed by atoms with Gasteiger partial charge in [-0.2, -0.15) is 0 Å². The molecule has 0 amide bonds. The summed E-state index contributed by atoms with van der Waals surface area (Å²) in [6.45, 7) is 6.47. The average Bonchev–Trinajstić information content (AvgIpc) is 3.34. The van der Waals surface area contributed by atoms with Crippen LogP contribution < -0.4 is 14.4 Å². The molecule has 1 atom stereocenters. The third-order valence-corrected chi connectivity index (χ3v) is 11.8. The quantitative estimate of drug-likeness (QED) is 0.0612. The number of anilines is 3. The molecule has 0 spiro atoms. The number of benzene rings is 8. The van der Waals surface area contributed by atoms with Crippen molar-refractivity contribution in [1.82, 2.24) is 0 Å². The lowest BCUT2D eigenvalue weighted by molar-refractivity contribution is 0.100. The van der Waals surface area contributed by atoms with Gasteiger partial charge < -0.3 is 23.8 Å². The molecule has 0 heterocycles. The van der Waals surface area contributed by atoms with E-state index in [0.717, 1.165) is 44.9 Å². The molecule has 0 saturated heterocycles. The van der Waals surface area contributed by atoms with Crippen LogP contribution in [0.4, 0.5) is 26.7 Å². The molecule has 0 aliphatic heterocycles. The molecule has 8 aromatic rings. The van der Waals surface area contributed by atoms with Crippen molar-refractivity contribution < 1.29 is 28.5 Å². The van der Waals surface area contributed by atoms with Gasteiger partial charge in [-0.25, -0.2) is 9.59 Å². The molecule has 65 heavy (non-hydrogen) atoms. The van der Waals surface area contributed by atoms with Crippen molar-refractivity contribution in [2.45, 2.75) is 38.5 Å². The molecule has 0 aromatic heterocycles. The second kappa shape index (κ2) is 20.1. The van der Waals surface area contributed by atoms with Crippen molar-refractivity contribution in [2.24, 2.45) is 0 Å². The molecule has 7 heteroatoms. The van der Waals surface area contributed by atoms with Gasteiger partial charge in [-0.15, -0.1) is 0 Å². The standard InChI is InChI=1S/C58H51NO6/c1-41-15-31-51(32-16-41)59(50-13-9-6-10-14-50)52-33-25-44(26-34-52)43-21-23-47(24-22-43)55(45-11-7-5-8-12-45)46-19-17-42(18-20-46)39-40-63-57(61)65-54-37-29-49(30-38-54)58(2,3)48-27-35-53(36-28-48)64-56(60)62-4/h5-38,55H,39-40H2,1-4H3. The van der Waals surface area contributed by atoms with Gasteiger partial charge in [0.1, 0.15) is 11.5 Å². The zero-order chi connectivity index (χ0) is 45.2. The number of para-hydroxylation sites is 1. The highest BCUT2D eigenvalue weighted by Crippen LogP contribution is 2.38. The van der Waals surface area contributed by atoms with E-state index in [1.807, 2.05) is 36.4 Å². The molecule has 0 saturated carbocycles. The largest absolute Gasteiger partial charge is 0.513 e. The molecule has 1 unspecified atom stereocenters. The molecule has 0 fully saturated rings. The van der Waals surface area contributed by atoms with Crippen molar-refractivity contribution in [3.63, 3.8) is 0 Å². The van der Waals surface area contributed by atoms with E-state index in [0.29, 0.717) is 17.9 Å². The smallest absolute Gasteiger partial charge is 0.437 e. The van der Waals surface area contributed by atoms with Gasteiger partial charge in [0.2, 0.25) is 0 Å². The zero-order valence-corrected chi connectivity index (χ0v) is 37.0. The lowest BCUT2D eigenvalue weighted by Crippen LogP contribution is -2.19. The Kier molecular flexibility index (Phi) is 13.5. The first-order valence-electron chi connectivity index (χ1n) is 21.7. The number of methoxy groups -OCH3 is 1. The maximum absolute atomic E-state index is 12.7. The summed E-state index contributed by atoms with van der Waals surface area (Å²) in [5.74, 6) is 0.823. The molecule has 8 rings (SSSR count). The van der Waals surface area contributed by atoms with E-state index in [-0.39, 0.29) is 17.9 Å². The summed E-state index contributed by atoms with van der Waals surface area (Å²) >= 11 is 0. The van der Waals surface area contributed by atoms with Crippen molar-refractivity contribution in [1.29, 1.82) is 0 Å². The fourth-order valence-corrected chi connectivity index (χ4v) is 8.05. The van der Waals surface area contributed by atoms with Crippen molar-refractivity contribution in [2.75, 3.05) is 18.6 Å². The first-order chi connectivity index (χ1) is 31.6. The molecule has 8 aromatic carbocycles. The number of hydrogen-bond donors (Lipinski definition) is 0. The number of ether oxygens (including phenoxy) is 4. The molecule has 0 bridgehead atoms. The molecule has 7 nitrogen and oxygen atoms in total. The minimum absolute atomic E-state index is 0.0343. The van der Waals surface area contributed by atoms with Gasteiger partial charge in [-0.3, -0.25) is 0 Å². The summed E-state index contributed by atoms with van der Waals surface area (Å²) in [4.78, 5) is 26.4. The van der Waals surface area contributed by atoms with Gasteiger partial charge in [-0.05, 0) is 112 Å². The molecule has 0 aliphatic carbocycles. The molecule has 324 valence electrons. The van der Waals surface area contributed by atoms with Crippen molar-refractivity contribution in [3.05, 3.63) is 245 Å². The fraction of sp³-hybridized carbons (Fsp3) is 0.138. The van der Waals surface area contributed by atoms with E-state index in [4.69, 9.17) is 14.2 Å². The van der Waals surface area contributed by atoms with Gasteiger partial charge in [0.25, 0.3) is 0 Å². The average molecular weight is 858 g/mol. The van der Waals surface area contributed by atoms with E-state index in [1.165, 1.54) is 29.4 Å². The van der Waals surface area contributed by atoms with Gasteiger partial charge in [-0.1, -0.05) is 165 Å². The minimum Gasteiger partial charge on any atom is -0.437 e. The van der Waals surface area contributed by atoms with Crippen molar-refractivity contribution >= 4 is 29.4 Å². The predicted molar refractivity (Wildman–Crippen MR) is 259 cm³/mol. The zero-order valence-electron chi connectivity index (χ0n) is 37.0. The summed E-state index contributed by atoms with van der Waals surface area (Å²) < 4.78 is 20.6. The Bertz CT molecular complexity index is 2790. The molecule has 0 N–H and O–H groups in total. The molecule has 0 radical (unpaired) electrons. The van der Waals surface area contributed by atoms with Crippen LogP contribution in [-0.2, 0) is 21.3 Å². The topological polar surface area (TPSA) is 74.3 Å². The summed E-state index contributed by atoms with van der Waals surface area (Å²) in [5.41, 5.74) is 13.1. The van der Waals surface area contributed by atoms with Crippen LogP contribution >= 0.6 is 0 Å². The lowest BCUT2D eigenvalue weighted by atomic mass is 9.78. The van der Waals surface area contributed by atoms with Crippen LogP contribution in [0, 0.1) is 6.92 Å². The van der Waals surface area contributed by atoms with Crippen LogP contribution in [0.5, 0.6) is 11.5 Å². The second-order valence-corrected chi connectivity index (χ2v) is 16.4. The Hall–Kier alpha value is -7.90. The van der Waals surface area contributed by atoms with E-state index in [9.17, 15) is 9.59 Å². The van der Waals surface area contributed by atoms with E-state index in [1.54, 1.807) is 24.3 Å². The van der Waals surface area contributed by atoms with Gasteiger partial charge in [0.05, 0.1) is 13.7 Å². The normalized spacial score (nSPS) is 11.6. The molecular weight excluding hydrogens is 807 g/mol. The summed E-state index contributed by atoms with van der Waals surface area (Å²) in [5, 5.41) is 0. The van der Waals surface area contributed by atoms with Crippen molar-refractivity contribution in [3.8, 4) is 22.6 Å². The third-order valence-electron chi connectivity index (χ3n) is 11.8. The van der Waals surface area contributed by atoms with Crippen LogP contribution in [0.2, 0.25) is 0 Å². The minimum atomic E-state index is -0.767. The first-order valence-corrected chi connectivity index (χ1v) is 21.7. The molecular formula is C58H51NO6. The van der Waals surface area contributed by atoms with E-state index in [2.05, 4.69) is 176 Å². The number of hydrogen-bond acceptors (Lipinski definition) is 7.